The first-order valence-electron chi connectivity index (χ1n) is 6.08. The topological polar surface area (TPSA) is 87.8 Å². The van der Waals surface area contributed by atoms with Crippen molar-refractivity contribution in [3.05, 3.63) is 22.2 Å². The molecule has 1 aromatic rings. The molecule has 9 heteroatoms. The van der Waals surface area contributed by atoms with Gasteiger partial charge in [-0.05, 0) is 18.6 Å². The summed E-state index contributed by atoms with van der Waals surface area (Å²) in [6, 6.07) is 2.65. The molecule has 0 aliphatic heterocycles. The summed E-state index contributed by atoms with van der Waals surface area (Å²) < 4.78 is 38.1. The van der Waals surface area contributed by atoms with Crippen molar-refractivity contribution < 1.29 is 22.6 Å². The zero-order valence-electron chi connectivity index (χ0n) is 11.5. The summed E-state index contributed by atoms with van der Waals surface area (Å²) in [6.45, 7) is 1.83. The highest BCUT2D eigenvalue weighted by molar-refractivity contribution is 7.89. The number of methoxy groups -OCH3 is 1. The molecule has 0 bridgehead atoms. The number of halogens is 2. The standard InChI is InChI=1S/C12H17Cl2NO5S/c1-18-5-2-6-19-7-8-20-9-3-4-10(21(15,16)17)12(14)11(9)13/h3-4H,2,5-8H2,1H3,(H2,15,16,17). The lowest BCUT2D eigenvalue weighted by atomic mass is 10.3. The minimum atomic E-state index is -3.92. The van der Waals surface area contributed by atoms with Crippen LogP contribution in [0.2, 0.25) is 10.0 Å². The van der Waals surface area contributed by atoms with Crippen molar-refractivity contribution in [2.45, 2.75) is 11.3 Å². The smallest absolute Gasteiger partial charge is 0.239 e. The van der Waals surface area contributed by atoms with Crippen LogP contribution in [0.15, 0.2) is 17.0 Å². The molecule has 120 valence electrons. The van der Waals surface area contributed by atoms with Crippen molar-refractivity contribution >= 4 is 33.2 Å². The average molecular weight is 358 g/mol. The van der Waals surface area contributed by atoms with Crippen LogP contribution in [-0.2, 0) is 19.5 Å². The van der Waals surface area contributed by atoms with Crippen LogP contribution >= 0.6 is 23.2 Å². The van der Waals surface area contributed by atoms with E-state index in [4.69, 9.17) is 42.6 Å². The normalized spacial score (nSPS) is 11.6. The van der Waals surface area contributed by atoms with Gasteiger partial charge in [-0.2, -0.15) is 0 Å². The summed E-state index contributed by atoms with van der Waals surface area (Å²) in [5.74, 6) is 0.273. The van der Waals surface area contributed by atoms with Gasteiger partial charge in [-0.1, -0.05) is 23.2 Å². The lowest BCUT2D eigenvalue weighted by Gasteiger charge is -2.11. The maximum Gasteiger partial charge on any atom is 0.239 e. The predicted molar refractivity (Wildman–Crippen MR) is 80.6 cm³/mol. The zero-order valence-corrected chi connectivity index (χ0v) is 13.8. The summed E-state index contributed by atoms with van der Waals surface area (Å²) in [4.78, 5) is -0.239. The van der Waals surface area contributed by atoms with Gasteiger partial charge in [-0.15, -0.1) is 0 Å². The monoisotopic (exact) mass is 357 g/mol. The van der Waals surface area contributed by atoms with Gasteiger partial charge in [0.2, 0.25) is 10.0 Å². The van der Waals surface area contributed by atoms with E-state index in [9.17, 15) is 8.42 Å². The molecule has 0 saturated carbocycles. The molecule has 1 aromatic carbocycles. The Labute approximate surface area is 134 Å². The van der Waals surface area contributed by atoms with Gasteiger partial charge >= 0.3 is 0 Å². The van der Waals surface area contributed by atoms with E-state index in [1.165, 1.54) is 12.1 Å². The Balaban J connectivity index is 2.52. The van der Waals surface area contributed by atoms with E-state index in [0.717, 1.165) is 6.42 Å². The molecule has 1 rings (SSSR count). The molecule has 0 heterocycles. The molecular weight excluding hydrogens is 341 g/mol. The van der Waals surface area contributed by atoms with Crippen LogP contribution in [0.5, 0.6) is 5.75 Å². The first kappa shape index (κ1) is 18.5. The third kappa shape index (κ3) is 5.98. The molecule has 0 aromatic heterocycles. The Bertz CT molecular complexity index is 565. The second-order valence-corrected chi connectivity index (χ2v) is 6.33. The van der Waals surface area contributed by atoms with E-state index in [-0.39, 0.29) is 27.3 Å². The van der Waals surface area contributed by atoms with Gasteiger partial charge in [0.25, 0.3) is 0 Å². The lowest BCUT2D eigenvalue weighted by molar-refractivity contribution is 0.0806. The van der Waals surface area contributed by atoms with Gasteiger partial charge in [0.1, 0.15) is 22.3 Å². The molecule has 6 nitrogen and oxygen atoms in total. The Hall–Kier alpha value is -0.570. The fourth-order valence-electron chi connectivity index (χ4n) is 1.46. The van der Waals surface area contributed by atoms with Crippen molar-refractivity contribution in [1.29, 1.82) is 0 Å². The molecule has 0 aliphatic rings. The van der Waals surface area contributed by atoms with E-state index in [1.807, 2.05) is 0 Å². The van der Waals surface area contributed by atoms with Crippen LogP contribution in [0.25, 0.3) is 0 Å². The van der Waals surface area contributed by atoms with Crippen LogP contribution in [0, 0.1) is 0 Å². The first-order chi connectivity index (χ1) is 9.88. The number of hydrogen-bond donors (Lipinski definition) is 1. The maximum absolute atomic E-state index is 11.3. The molecule has 21 heavy (non-hydrogen) atoms. The fraction of sp³-hybridized carbons (Fsp3) is 0.500. The highest BCUT2D eigenvalue weighted by Gasteiger charge is 2.18. The summed E-state index contributed by atoms with van der Waals surface area (Å²) in [5, 5.41) is 4.86. The number of benzene rings is 1. The number of ether oxygens (including phenoxy) is 3. The first-order valence-corrected chi connectivity index (χ1v) is 8.38. The van der Waals surface area contributed by atoms with Crippen LogP contribution in [0.1, 0.15) is 6.42 Å². The quantitative estimate of drug-likeness (QED) is 0.683. The lowest BCUT2D eigenvalue weighted by Crippen LogP contribution is -2.13. The maximum atomic E-state index is 11.3. The second-order valence-electron chi connectivity index (χ2n) is 4.04. The van der Waals surface area contributed by atoms with Crippen LogP contribution in [-0.4, -0.2) is 42.0 Å². The Morgan fingerprint density at radius 1 is 1.10 bits per heavy atom. The molecule has 0 amide bonds. The van der Waals surface area contributed by atoms with Crippen LogP contribution in [0.4, 0.5) is 0 Å². The van der Waals surface area contributed by atoms with Gasteiger partial charge in [0.05, 0.1) is 11.6 Å². The minimum absolute atomic E-state index is 0.00238. The molecular formula is C12H17Cl2NO5S. The zero-order chi connectivity index (χ0) is 15.9. The van der Waals surface area contributed by atoms with Crippen LogP contribution < -0.4 is 9.88 Å². The Morgan fingerprint density at radius 2 is 1.81 bits per heavy atom. The summed E-state index contributed by atoms with van der Waals surface area (Å²) in [6.07, 6.45) is 0.798. The summed E-state index contributed by atoms with van der Waals surface area (Å²) >= 11 is 11.8. The van der Waals surface area contributed by atoms with E-state index < -0.39 is 10.0 Å². The van der Waals surface area contributed by atoms with Crippen molar-refractivity contribution in [3.8, 4) is 5.75 Å². The number of hydrogen-bond acceptors (Lipinski definition) is 5. The number of rotatable bonds is 9. The van der Waals surface area contributed by atoms with E-state index >= 15 is 0 Å². The van der Waals surface area contributed by atoms with Gasteiger partial charge < -0.3 is 14.2 Å². The summed E-state index contributed by atoms with van der Waals surface area (Å²) in [5.41, 5.74) is 0. The molecule has 0 spiro atoms. The van der Waals surface area contributed by atoms with Crippen molar-refractivity contribution in [1.82, 2.24) is 0 Å². The third-order valence-electron chi connectivity index (χ3n) is 2.44. The highest BCUT2D eigenvalue weighted by atomic mass is 35.5. The fourth-order valence-corrected chi connectivity index (χ4v) is 2.83. The molecule has 0 fully saturated rings. The molecule has 0 atom stereocenters. The minimum Gasteiger partial charge on any atom is -0.490 e. The van der Waals surface area contributed by atoms with Gasteiger partial charge in [0.15, 0.2) is 0 Å². The molecule has 0 radical (unpaired) electrons. The third-order valence-corrected chi connectivity index (χ3v) is 4.37. The van der Waals surface area contributed by atoms with Crippen LogP contribution in [0.3, 0.4) is 0 Å². The van der Waals surface area contributed by atoms with E-state index in [2.05, 4.69) is 0 Å². The number of primary sulfonamides is 1. The van der Waals surface area contributed by atoms with E-state index in [0.29, 0.717) is 19.8 Å². The molecule has 0 saturated heterocycles. The van der Waals surface area contributed by atoms with Crippen molar-refractivity contribution in [3.63, 3.8) is 0 Å². The summed E-state index contributed by atoms with van der Waals surface area (Å²) in [7, 11) is -2.29. The molecule has 0 aliphatic carbocycles. The van der Waals surface area contributed by atoms with Gasteiger partial charge in [-0.25, -0.2) is 13.6 Å². The highest BCUT2D eigenvalue weighted by Crippen LogP contribution is 2.36. The van der Waals surface area contributed by atoms with Crippen molar-refractivity contribution in [2.24, 2.45) is 5.14 Å². The predicted octanol–water partition coefficient (Wildman–Crippen LogP) is 2.07. The van der Waals surface area contributed by atoms with Gasteiger partial charge in [-0.3, -0.25) is 0 Å². The Morgan fingerprint density at radius 3 is 2.43 bits per heavy atom. The average Bonchev–Trinajstić information content (AvgIpc) is 2.41. The number of nitrogens with two attached hydrogens (primary N) is 1. The molecule has 0 unspecified atom stereocenters. The van der Waals surface area contributed by atoms with Gasteiger partial charge in [0, 0.05) is 20.3 Å². The second kappa shape index (κ2) is 8.77. The largest absolute Gasteiger partial charge is 0.490 e. The molecule has 2 N–H and O–H groups in total. The number of sulfonamides is 1. The van der Waals surface area contributed by atoms with Crippen molar-refractivity contribution in [2.75, 3.05) is 33.5 Å². The van der Waals surface area contributed by atoms with E-state index in [1.54, 1.807) is 7.11 Å². The Kier molecular flexibility index (Phi) is 7.72. The SMILES string of the molecule is COCCCOCCOc1ccc(S(N)(=O)=O)c(Cl)c1Cl.